The van der Waals surface area contributed by atoms with Crippen molar-refractivity contribution >= 4 is 25.8 Å². The quantitative estimate of drug-likeness (QED) is 0.567. The summed E-state index contributed by atoms with van der Waals surface area (Å²) in [6.07, 6.45) is 3.03. The third-order valence-corrected chi connectivity index (χ3v) is 6.71. The molecule has 1 atom stereocenters. The van der Waals surface area contributed by atoms with Crippen molar-refractivity contribution in [3.63, 3.8) is 0 Å². The lowest BCUT2D eigenvalue weighted by molar-refractivity contribution is -0.132. The molecule has 1 amide bonds. The molecule has 9 heteroatoms. The molecule has 1 fully saturated rings. The molecule has 1 heterocycles. The molecule has 22 heavy (non-hydrogen) atoms. The lowest BCUT2D eigenvalue weighted by Crippen LogP contribution is -2.42. The Labute approximate surface area is 132 Å². The average Bonchev–Trinajstić information content (AvgIpc) is 2.74. The second kappa shape index (κ2) is 7.56. The lowest BCUT2D eigenvalue weighted by atomic mass is 10.2. The van der Waals surface area contributed by atoms with Gasteiger partial charge >= 0.3 is 0 Å². The second-order valence-corrected chi connectivity index (χ2v) is 9.61. The summed E-state index contributed by atoms with van der Waals surface area (Å²) in [6.45, 7) is 5.93. The van der Waals surface area contributed by atoms with Crippen LogP contribution in [-0.2, 0) is 24.7 Å². The first-order valence-corrected chi connectivity index (χ1v) is 10.8. The zero-order chi connectivity index (χ0) is 17.0. The smallest absolute Gasteiger partial charge is 0.224 e. The third kappa shape index (κ3) is 5.36. The fourth-order valence-corrected chi connectivity index (χ4v) is 5.09. The van der Waals surface area contributed by atoms with Gasteiger partial charge in [0.05, 0.1) is 17.8 Å². The molecule has 0 aromatic rings. The number of hydrogen-bond acceptors (Lipinski definition) is 5. The molecule has 0 bridgehead atoms. The van der Waals surface area contributed by atoms with Gasteiger partial charge in [0.1, 0.15) is 0 Å². The Bertz CT molecular complexity index is 612. The molecule has 0 aromatic carbocycles. The van der Waals surface area contributed by atoms with E-state index in [0.717, 1.165) is 6.26 Å². The Kier molecular flexibility index (Phi) is 6.57. The normalized spacial score (nSPS) is 21.0. The van der Waals surface area contributed by atoms with E-state index in [9.17, 15) is 21.6 Å². The van der Waals surface area contributed by atoms with Crippen LogP contribution < -0.4 is 0 Å². The monoisotopic (exact) mass is 352 g/mol. The zero-order valence-corrected chi connectivity index (χ0v) is 14.7. The van der Waals surface area contributed by atoms with E-state index in [1.54, 1.807) is 11.8 Å². The number of hydrogen-bond donors (Lipinski definition) is 0. The molecule has 1 aliphatic rings. The highest BCUT2D eigenvalue weighted by molar-refractivity contribution is 7.91. The Balaban J connectivity index is 2.67. The largest absolute Gasteiger partial charge is 0.339 e. The van der Waals surface area contributed by atoms with Crippen LogP contribution in [0.15, 0.2) is 12.7 Å². The van der Waals surface area contributed by atoms with E-state index in [1.807, 2.05) is 0 Å². The van der Waals surface area contributed by atoms with Gasteiger partial charge in [0.15, 0.2) is 9.84 Å². The van der Waals surface area contributed by atoms with Crippen molar-refractivity contribution < 1.29 is 21.6 Å². The topological polar surface area (TPSA) is 91.8 Å². The first kappa shape index (κ1) is 19.1. The van der Waals surface area contributed by atoms with Gasteiger partial charge in [0.25, 0.3) is 0 Å². The summed E-state index contributed by atoms with van der Waals surface area (Å²) in [5.41, 5.74) is 0. The molecule has 128 valence electrons. The first-order valence-electron chi connectivity index (χ1n) is 7.16. The zero-order valence-electron chi connectivity index (χ0n) is 13.1. The highest BCUT2D eigenvalue weighted by Gasteiger charge is 2.33. The second-order valence-electron chi connectivity index (χ2n) is 5.40. The Morgan fingerprint density at radius 3 is 2.45 bits per heavy atom. The van der Waals surface area contributed by atoms with E-state index in [0.29, 0.717) is 13.0 Å². The van der Waals surface area contributed by atoms with Crippen molar-refractivity contribution in [1.29, 1.82) is 0 Å². The third-order valence-electron chi connectivity index (χ3n) is 3.69. The Hall–Kier alpha value is -0.930. The molecular formula is C13H24N2O5S2. The van der Waals surface area contributed by atoms with Crippen LogP contribution in [0, 0.1) is 0 Å². The molecule has 1 rings (SSSR count). The van der Waals surface area contributed by atoms with Crippen LogP contribution in [-0.4, -0.2) is 75.4 Å². The van der Waals surface area contributed by atoms with Crippen LogP contribution in [0.4, 0.5) is 0 Å². The van der Waals surface area contributed by atoms with Crippen LogP contribution in [0.3, 0.4) is 0 Å². The molecule has 0 spiro atoms. The number of amides is 1. The maximum absolute atomic E-state index is 12.3. The summed E-state index contributed by atoms with van der Waals surface area (Å²) in [5, 5.41) is 0. The Morgan fingerprint density at radius 2 is 2.05 bits per heavy atom. The van der Waals surface area contributed by atoms with E-state index < -0.39 is 19.9 Å². The summed E-state index contributed by atoms with van der Waals surface area (Å²) in [7, 11) is -6.46. The van der Waals surface area contributed by atoms with E-state index in [1.165, 1.54) is 10.4 Å². The fourth-order valence-electron chi connectivity index (χ4n) is 2.56. The maximum atomic E-state index is 12.3. The summed E-state index contributed by atoms with van der Waals surface area (Å²) in [4.78, 5) is 13.8. The molecular weight excluding hydrogens is 328 g/mol. The van der Waals surface area contributed by atoms with Crippen molar-refractivity contribution in [3.8, 4) is 0 Å². The van der Waals surface area contributed by atoms with Crippen molar-refractivity contribution in [1.82, 2.24) is 9.21 Å². The van der Waals surface area contributed by atoms with E-state index in [-0.39, 0.29) is 43.0 Å². The highest BCUT2D eigenvalue weighted by Crippen LogP contribution is 2.18. The molecule has 1 saturated heterocycles. The van der Waals surface area contributed by atoms with Crippen molar-refractivity contribution in [3.05, 3.63) is 12.7 Å². The molecule has 0 aromatic heterocycles. The van der Waals surface area contributed by atoms with E-state index in [4.69, 9.17) is 0 Å². The van der Waals surface area contributed by atoms with Gasteiger partial charge in [-0.1, -0.05) is 6.08 Å². The van der Waals surface area contributed by atoms with Gasteiger partial charge in [-0.25, -0.2) is 16.8 Å². The fraction of sp³-hybridized carbons (Fsp3) is 0.769. The summed E-state index contributed by atoms with van der Waals surface area (Å²) in [5.74, 6) is -0.120. The van der Waals surface area contributed by atoms with Crippen LogP contribution in [0.1, 0.15) is 19.8 Å². The summed E-state index contributed by atoms with van der Waals surface area (Å²) >= 11 is 0. The number of carbonyl (C=O) groups is 1. The minimum atomic E-state index is -3.40. The van der Waals surface area contributed by atoms with Crippen LogP contribution in [0.25, 0.3) is 0 Å². The van der Waals surface area contributed by atoms with Crippen molar-refractivity contribution in [2.24, 2.45) is 0 Å². The molecule has 0 saturated carbocycles. The van der Waals surface area contributed by atoms with Gasteiger partial charge < -0.3 is 4.90 Å². The number of rotatable bonds is 8. The molecule has 0 radical (unpaired) electrons. The molecule has 1 unspecified atom stereocenters. The van der Waals surface area contributed by atoms with Gasteiger partial charge in [-0.15, -0.1) is 6.58 Å². The van der Waals surface area contributed by atoms with E-state index in [2.05, 4.69) is 6.58 Å². The van der Waals surface area contributed by atoms with Crippen molar-refractivity contribution in [2.75, 3.05) is 37.4 Å². The maximum Gasteiger partial charge on any atom is 0.224 e. The number of sulfone groups is 1. The number of nitrogens with zero attached hydrogens (tertiary/aromatic N) is 2. The minimum Gasteiger partial charge on any atom is -0.339 e. The number of carbonyl (C=O) groups excluding carboxylic acids is 1. The summed E-state index contributed by atoms with van der Waals surface area (Å²) in [6, 6.07) is -0.298. The van der Waals surface area contributed by atoms with Gasteiger partial charge in [-0.05, 0) is 13.3 Å². The molecule has 1 aliphatic heterocycles. The van der Waals surface area contributed by atoms with Crippen LogP contribution >= 0.6 is 0 Å². The molecule has 7 nitrogen and oxygen atoms in total. The van der Waals surface area contributed by atoms with Crippen LogP contribution in [0.2, 0.25) is 0 Å². The van der Waals surface area contributed by atoms with Gasteiger partial charge in [0, 0.05) is 32.1 Å². The summed E-state index contributed by atoms with van der Waals surface area (Å²) < 4.78 is 47.4. The predicted octanol–water partition coefficient (Wildman–Crippen LogP) is -0.140. The molecule has 0 aliphatic carbocycles. The average molecular weight is 352 g/mol. The SMILES string of the molecule is C=CCN(CCC(=O)N(CC)C1CCS(=O)(=O)C1)S(C)(=O)=O. The van der Waals surface area contributed by atoms with Crippen LogP contribution in [0.5, 0.6) is 0 Å². The standard InChI is InChI=1S/C13H24N2O5S2/c1-4-8-14(21(3,17)18)9-6-13(16)15(5-2)12-7-10-22(19,20)11-12/h4,12H,1,5-11H2,2-3H3. The van der Waals surface area contributed by atoms with Gasteiger partial charge in [-0.3, -0.25) is 4.79 Å². The molecule has 0 N–H and O–H groups in total. The lowest BCUT2D eigenvalue weighted by Gasteiger charge is -2.28. The minimum absolute atomic E-state index is 0.00493. The van der Waals surface area contributed by atoms with Crippen molar-refractivity contribution in [2.45, 2.75) is 25.8 Å². The Morgan fingerprint density at radius 1 is 1.41 bits per heavy atom. The highest BCUT2D eigenvalue weighted by atomic mass is 32.2. The predicted molar refractivity (Wildman–Crippen MR) is 85.7 cm³/mol. The first-order chi connectivity index (χ1) is 10.1. The number of sulfonamides is 1. The van der Waals surface area contributed by atoms with Gasteiger partial charge in [-0.2, -0.15) is 4.31 Å². The van der Waals surface area contributed by atoms with Gasteiger partial charge in [0.2, 0.25) is 15.9 Å². The van der Waals surface area contributed by atoms with E-state index >= 15 is 0 Å².